The Labute approximate surface area is 114 Å². The maximum Gasteiger partial charge on any atom is 0.223 e. The average Bonchev–Trinajstić information content (AvgIpc) is 2.40. The summed E-state index contributed by atoms with van der Waals surface area (Å²) in [5.74, 6) is 0.758. The second-order valence-corrected chi connectivity index (χ2v) is 5.63. The second kappa shape index (κ2) is 5.43. The molecule has 3 rings (SSSR count). The molecule has 0 spiro atoms. The molecule has 1 saturated heterocycles. The summed E-state index contributed by atoms with van der Waals surface area (Å²) in [4.78, 5) is 9.16. The molecule has 1 aromatic heterocycles. The van der Waals surface area contributed by atoms with Gasteiger partial charge in [-0.25, -0.2) is 9.97 Å². The summed E-state index contributed by atoms with van der Waals surface area (Å²) in [6, 6.07) is 1.25. The molecule has 2 aliphatic rings. The lowest BCUT2D eigenvalue weighted by molar-refractivity contribution is 0.0903. The Bertz CT molecular complexity index is 445. The molecule has 5 nitrogen and oxygen atoms in total. The van der Waals surface area contributed by atoms with Crippen LogP contribution in [0.25, 0.3) is 0 Å². The van der Waals surface area contributed by atoms with Crippen molar-refractivity contribution in [2.75, 3.05) is 18.5 Å². The van der Waals surface area contributed by atoms with Gasteiger partial charge in [0, 0.05) is 37.5 Å². The Morgan fingerprint density at radius 3 is 2.89 bits per heavy atom. The quantitative estimate of drug-likeness (QED) is 0.849. The highest BCUT2D eigenvalue weighted by Crippen LogP contribution is 2.24. The van der Waals surface area contributed by atoms with Crippen molar-refractivity contribution in [3.63, 3.8) is 0 Å². The van der Waals surface area contributed by atoms with Gasteiger partial charge in [0.1, 0.15) is 0 Å². The first-order valence-electron chi connectivity index (χ1n) is 7.18. The smallest absolute Gasteiger partial charge is 0.223 e. The zero-order valence-corrected chi connectivity index (χ0v) is 11.6. The van der Waals surface area contributed by atoms with Crippen molar-refractivity contribution in [3.8, 4) is 0 Å². The van der Waals surface area contributed by atoms with Crippen molar-refractivity contribution < 1.29 is 4.74 Å². The first kappa shape index (κ1) is 12.8. The van der Waals surface area contributed by atoms with Crippen LogP contribution in [0.3, 0.4) is 0 Å². The van der Waals surface area contributed by atoms with Gasteiger partial charge in [0.2, 0.25) is 5.95 Å². The number of nitrogens with zero attached hydrogens (tertiary/aromatic N) is 2. The van der Waals surface area contributed by atoms with Crippen molar-refractivity contribution in [1.82, 2.24) is 15.3 Å². The maximum atomic E-state index is 5.37. The van der Waals surface area contributed by atoms with Crippen molar-refractivity contribution >= 4 is 5.95 Å². The fraction of sp³-hybridized carbons (Fsp3) is 0.714. The van der Waals surface area contributed by atoms with E-state index in [0.717, 1.165) is 44.1 Å². The largest absolute Gasteiger partial charge is 0.381 e. The number of aromatic nitrogens is 2. The number of ether oxygens (including phenoxy) is 1. The topological polar surface area (TPSA) is 59.1 Å². The van der Waals surface area contributed by atoms with Gasteiger partial charge in [-0.1, -0.05) is 0 Å². The van der Waals surface area contributed by atoms with E-state index in [9.17, 15) is 0 Å². The van der Waals surface area contributed by atoms with E-state index >= 15 is 0 Å². The first-order valence-corrected chi connectivity index (χ1v) is 7.18. The number of anilines is 1. The van der Waals surface area contributed by atoms with E-state index in [4.69, 9.17) is 9.72 Å². The van der Waals surface area contributed by atoms with Gasteiger partial charge >= 0.3 is 0 Å². The molecule has 5 heteroatoms. The van der Waals surface area contributed by atoms with Crippen molar-refractivity contribution in [2.24, 2.45) is 0 Å². The van der Waals surface area contributed by atoms with Crippen LogP contribution in [-0.4, -0.2) is 35.3 Å². The summed E-state index contributed by atoms with van der Waals surface area (Å²) in [5.41, 5.74) is 2.42. The number of nitrogens with one attached hydrogen (secondary N) is 2. The summed E-state index contributed by atoms with van der Waals surface area (Å²) in [6.45, 7) is 6.03. The monoisotopic (exact) mass is 262 g/mol. The highest BCUT2D eigenvalue weighted by atomic mass is 16.5. The lowest BCUT2D eigenvalue weighted by Crippen LogP contribution is -2.37. The van der Waals surface area contributed by atoms with Crippen LogP contribution in [0.15, 0.2) is 6.20 Å². The lowest BCUT2D eigenvalue weighted by Gasteiger charge is -2.29. The van der Waals surface area contributed by atoms with Crippen molar-refractivity contribution in [1.29, 1.82) is 0 Å². The average molecular weight is 262 g/mol. The van der Waals surface area contributed by atoms with E-state index in [1.165, 1.54) is 5.56 Å². The third-order valence-electron chi connectivity index (χ3n) is 3.92. The molecule has 19 heavy (non-hydrogen) atoms. The number of rotatable bonds is 2. The third kappa shape index (κ3) is 2.87. The first-order chi connectivity index (χ1) is 9.22. The number of fused-ring (bicyclic) bond motifs is 1. The van der Waals surface area contributed by atoms with Gasteiger partial charge in [-0.2, -0.15) is 0 Å². The van der Waals surface area contributed by atoms with Gasteiger partial charge in [-0.3, -0.25) is 0 Å². The molecule has 1 fully saturated rings. The van der Waals surface area contributed by atoms with Gasteiger partial charge in [-0.15, -0.1) is 0 Å². The minimum atomic E-state index is 0.303. The Morgan fingerprint density at radius 1 is 1.32 bits per heavy atom. The fourth-order valence-corrected chi connectivity index (χ4v) is 2.94. The molecule has 0 saturated carbocycles. The molecule has 2 aliphatic heterocycles. The van der Waals surface area contributed by atoms with Crippen LogP contribution in [-0.2, 0) is 11.2 Å². The van der Waals surface area contributed by atoms with E-state index in [-0.39, 0.29) is 0 Å². The molecule has 0 radical (unpaired) electrons. The van der Waals surface area contributed by atoms with E-state index in [0.29, 0.717) is 18.1 Å². The molecule has 104 valence electrons. The van der Waals surface area contributed by atoms with Gasteiger partial charge < -0.3 is 15.4 Å². The second-order valence-electron chi connectivity index (χ2n) is 5.63. The van der Waals surface area contributed by atoms with Gasteiger partial charge in [0.15, 0.2) is 0 Å². The van der Waals surface area contributed by atoms with Gasteiger partial charge in [0.05, 0.1) is 5.69 Å². The van der Waals surface area contributed by atoms with E-state index in [1.807, 2.05) is 6.20 Å². The Balaban J connectivity index is 1.75. The van der Waals surface area contributed by atoms with Crippen molar-refractivity contribution in [3.05, 3.63) is 17.5 Å². The third-order valence-corrected chi connectivity index (χ3v) is 3.92. The molecule has 0 unspecified atom stereocenters. The van der Waals surface area contributed by atoms with Gasteiger partial charge in [0.25, 0.3) is 0 Å². The predicted molar refractivity (Wildman–Crippen MR) is 74.2 cm³/mol. The minimum Gasteiger partial charge on any atom is -0.381 e. The van der Waals surface area contributed by atoms with Crippen LogP contribution in [0, 0.1) is 0 Å². The van der Waals surface area contributed by atoms with Crippen LogP contribution >= 0.6 is 0 Å². The molecule has 2 atom stereocenters. The molecular formula is C14H22N4O. The molecule has 2 N–H and O–H groups in total. The summed E-state index contributed by atoms with van der Waals surface area (Å²) in [7, 11) is 0. The fourth-order valence-electron chi connectivity index (χ4n) is 2.94. The minimum absolute atomic E-state index is 0.303. The lowest BCUT2D eigenvalue weighted by atomic mass is 9.97. The predicted octanol–water partition coefficient (Wildman–Crippen LogP) is 1.66. The standard InChI is InChI=1S/C14H22N4O/c1-9-7-11-8-15-14(18-13(11)10(2)16-9)17-12-3-5-19-6-4-12/h8-10,12,16H,3-7H2,1-2H3,(H,15,17,18)/t9-,10-/m1/s1. The molecule has 0 aliphatic carbocycles. The maximum absolute atomic E-state index is 5.37. The van der Waals surface area contributed by atoms with Crippen LogP contribution in [0.5, 0.6) is 0 Å². The summed E-state index contributed by atoms with van der Waals surface area (Å²) < 4.78 is 5.37. The normalized spacial score (nSPS) is 27.9. The van der Waals surface area contributed by atoms with Gasteiger partial charge in [-0.05, 0) is 38.7 Å². The zero-order chi connectivity index (χ0) is 13.2. The summed E-state index contributed by atoms with van der Waals surface area (Å²) in [5, 5.41) is 6.96. The molecule has 0 bridgehead atoms. The van der Waals surface area contributed by atoms with E-state index < -0.39 is 0 Å². The molecular weight excluding hydrogens is 240 g/mol. The molecule has 0 amide bonds. The van der Waals surface area contributed by atoms with E-state index in [2.05, 4.69) is 29.5 Å². The van der Waals surface area contributed by atoms with Crippen LogP contribution in [0.4, 0.5) is 5.95 Å². The summed E-state index contributed by atoms with van der Waals surface area (Å²) >= 11 is 0. The number of hydrogen-bond acceptors (Lipinski definition) is 5. The number of hydrogen-bond donors (Lipinski definition) is 2. The summed E-state index contributed by atoms with van der Waals surface area (Å²) in [6.07, 6.45) is 5.06. The molecule has 1 aromatic rings. The SMILES string of the molecule is C[C@@H]1Cc2cnc(NC3CCOCC3)nc2[C@@H](C)N1. The van der Waals surface area contributed by atoms with Crippen LogP contribution in [0.2, 0.25) is 0 Å². The van der Waals surface area contributed by atoms with Crippen LogP contribution < -0.4 is 10.6 Å². The van der Waals surface area contributed by atoms with Crippen molar-refractivity contribution in [2.45, 2.75) is 51.2 Å². The molecule has 3 heterocycles. The molecule has 0 aromatic carbocycles. The Kier molecular flexibility index (Phi) is 3.66. The van der Waals surface area contributed by atoms with Crippen LogP contribution in [0.1, 0.15) is 44.0 Å². The Morgan fingerprint density at radius 2 is 2.11 bits per heavy atom. The highest BCUT2D eigenvalue weighted by molar-refractivity contribution is 5.34. The Hall–Kier alpha value is -1.20. The zero-order valence-electron chi connectivity index (χ0n) is 11.6. The highest BCUT2D eigenvalue weighted by Gasteiger charge is 2.23. The van der Waals surface area contributed by atoms with E-state index in [1.54, 1.807) is 0 Å².